The third kappa shape index (κ3) is 3.61. The van der Waals surface area contributed by atoms with Crippen LogP contribution in [-0.2, 0) is 19.6 Å². The number of methoxy groups -OCH3 is 1. The van der Waals surface area contributed by atoms with E-state index in [4.69, 9.17) is 10.9 Å². The maximum Gasteiger partial charge on any atom is 0.325 e. The molecule has 5 N–H and O–H groups in total. The highest BCUT2D eigenvalue weighted by Gasteiger charge is 2.11. The highest BCUT2D eigenvalue weighted by molar-refractivity contribution is 7.89. The monoisotopic (exact) mass is 259 g/mol. The van der Waals surface area contributed by atoms with E-state index in [9.17, 15) is 13.2 Å². The second-order valence-electron chi connectivity index (χ2n) is 3.22. The number of rotatable bonds is 4. The number of anilines is 2. The molecule has 0 saturated heterocycles. The van der Waals surface area contributed by atoms with E-state index < -0.39 is 16.0 Å². The number of carbonyl (C=O) groups excluding carboxylic acids is 1. The lowest BCUT2D eigenvalue weighted by molar-refractivity contribution is -0.138. The summed E-state index contributed by atoms with van der Waals surface area (Å²) in [7, 11) is -2.55. The number of hydrogen-bond acceptors (Lipinski definition) is 6. The molecule has 0 spiro atoms. The van der Waals surface area contributed by atoms with Crippen molar-refractivity contribution in [2.24, 2.45) is 5.14 Å². The molecule has 0 aliphatic heterocycles. The van der Waals surface area contributed by atoms with Crippen LogP contribution in [0.2, 0.25) is 0 Å². The van der Waals surface area contributed by atoms with Crippen molar-refractivity contribution in [3.8, 4) is 0 Å². The Kier molecular flexibility index (Phi) is 3.92. The average Bonchev–Trinajstić information content (AvgIpc) is 2.26. The lowest BCUT2D eigenvalue weighted by atomic mass is 10.2. The average molecular weight is 259 g/mol. The molecule has 0 amide bonds. The molecule has 0 radical (unpaired) electrons. The van der Waals surface area contributed by atoms with Crippen molar-refractivity contribution in [3.63, 3.8) is 0 Å². The number of sulfonamides is 1. The summed E-state index contributed by atoms with van der Waals surface area (Å²) in [6.45, 7) is -0.116. The van der Waals surface area contributed by atoms with Crippen LogP contribution in [0.3, 0.4) is 0 Å². The van der Waals surface area contributed by atoms with E-state index >= 15 is 0 Å². The normalized spacial score (nSPS) is 10.9. The van der Waals surface area contributed by atoms with Gasteiger partial charge in [0.1, 0.15) is 6.54 Å². The lowest BCUT2D eigenvalue weighted by Crippen LogP contribution is -2.17. The predicted molar refractivity (Wildman–Crippen MR) is 62.7 cm³/mol. The first kappa shape index (κ1) is 13.3. The van der Waals surface area contributed by atoms with Crippen LogP contribution in [0.4, 0.5) is 11.4 Å². The van der Waals surface area contributed by atoms with Crippen molar-refractivity contribution in [2.45, 2.75) is 4.90 Å². The largest absolute Gasteiger partial charge is 0.468 e. The summed E-state index contributed by atoms with van der Waals surface area (Å²) in [6, 6.07) is 3.93. The van der Waals surface area contributed by atoms with E-state index in [1.54, 1.807) is 0 Å². The fourth-order valence-electron chi connectivity index (χ4n) is 1.11. The molecular weight excluding hydrogens is 246 g/mol. The van der Waals surface area contributed by atoms with Crippen molar-refractivity contribution < 1.29 is 17.9 Å². The van der Waals surface area contributed by atoms with Crippen molar-refractivity contribution in [1.82, 2.24) is 0 Å². The summed E-state index contributed by atoms with van der Waals surface area (Å²) >= 11 is 0. The molecular formula is C9H13N3O4S. The standard InChI is InChI=1S/C9H13N3O4S/c1-16-9(13)5-12-8-4-6(17(11,14)15)2-3-7(8)10/h2-4,12H,5,10H2,1H3,(H2,11,14,15). The Morgan fingerprint density at radius 1 is 1.47 bits per heavy atom. The zero-order valence-corrected chi connectivity index (χ0v) is 9.95. The molecule has 0 atom stereocenters. The van der Waals surface area contributed by atoms with Crippen LogP contribution in [0.25, 0.3) is 0 Å². The number of nitrogens with one attached hydrogen (secondary N) is 1. The van der Waals surface area contributed by atoms with Gasteiger partial charge in [0, 0.05) is 0 Å². The minimum Gasteiger partial charge on any atom is -0.468 e. The van der Waals surface area contributed by atoms with E-state index in [1.165, 1.54) is 25.3 Å². The van der Waals surface area contributed by atoms with Crippen LogP contribution in [-0.4, -0.2) is 28.0 Å². The number of benzene rings is 1. The zero-order valence-electron chi connectivity index (χ0n) is 9.14. The summed E-state index contributed by atoms with van der Waals surface area (Å²) in [6.07, 6.45) is 0. The number of hydrogen-bond donors (Lipinski definition) is 3. The molecule has 0 unspecified atom stereocenters. The Bertz CT molecular complexity index is 527. The van der Waals surface area contributed by atoms with Gasteiger partial charge >= 0.3 is 5.97 Å². The van der Waals surface area contributed by atoms with Gasteiger partial charge in [-0.1, -0.05) is 0 Å². The van der Waals surface area contributed by atoms with E-state index in [0.29, 0.717) is 11.4 Å². The van der Waals surface area contributed by atoms with Gasteiger partial charge in [0.05, 0.1) is 23.4 Å². The molecule has 0 aliphatic carbocycles. The van der Waals surface area contributed by atoms with Gasteiger partial charge in [0.15, 0.2) is 0 Å². The van der Waals surface area contributed by atoms with Crippen molar-refractivity contribution >= 4 is 27.4 Å². The Balaban J connectivity index is 2.96. The van der Waals surface area contributed by atoms with E-state index in [1.807, 2.05) is 0 Å². The first-order valence-corrected chi connectivity index (χ1v) is 6.12. The van der Waals surface area contributed by atoms with E-state index in [0.717, 1.165) is 0 Å². The summed E-state index contributed by atoms with van der Waals surface area (Å²) in [5.74, 6) is -0.495. The van der Waals surface area contributed by atoms with Gasteiger partial charge in [-0.2, -0.15) is 0 Å². The number of esters is 1. The second-order valence-corrected chi connectivity index (χ2v) is 4.79. The lowest BCUT2D eigenvalue weighted by Gasteiger charge is -2.09. The molecule has 0 saturated carbocycles. The van der Waals surface area contributed by atoms with Gasteiger partial charge in [-0.25, -0.2) is 13.6 Å². The Morgan fingerprint density at radius 2 is 2.12 bits per heavy atom. The molecule has 1 aromatic rings. The second kappa shape index (κ2) is 5.02. The quantitative estimate of drug-likeness (QED) is 0.494. The molecule has 8 heteroatoms. The fraction of sp³-hybridized carbons (Fsp3) is 0.222. The molecule has 1 aromatic carbocycles. The van der Waals surface area contributed by atoms with Gasteiger partial charge in [-0.05, 0) is 18.2 Å². The molecule has 94 valence electrons. The van der Waals surface area contributed by atoms with Crippen LogP contribution in [0, 0.1) is 0 Å². The van der Waals surface area contributed by atoms with Crippen molar-refractivity contribution in [3.05, 3.63) is 18.2 Å². The van der Waals surface area contributed by atoms with E-state index in [2.05, 4.69) is 10.1 Å². The van der Waals surface area contributed by atoms with Crippen LogP contribution >= 0.6 is 0 Å². The highest BCUT2D eigenvalue weighted by atomic mass is 32.2. The smallest absolute Gasteiger partial charge is 0.325 e. The molecule has 0 aromatic heterocycles. The topological polar surface area (TPSA) is 125 Å². The van der Waals surface area contributed by atoms with Gasteiger partial charge < -0.3 is 15.8 Å². The first-order valence-electron chi connectivity index (χ1n) is 4.57. The van der Waals surface area contributed by atoms with Gasteiger partial charge in [-0.3, -0.25) is 4.79 Å². The minimum atomic E-state index is -3.80. The van der Waals surface area contributed by atoms with Crippen LogP contribution in [0.5, 0.6) is 0 Å². The Morgan fingerprint density at radius 3 is 2.65 bits per heavy atom. The molecule has 7 nitrogen and oxygen atoms in total. The third-order valence-electron chi connectivity index (χ3n) is 2.00. The Hall–Kier alpha value is -1.80. The number of ether oxygens (including phenoxy) is 1. The maximum atomic E-state index is 11.1. The zero-order chi connectivity index (χ0) is 13.1. The number of nitrogen functional groups attached to an aromatic ring is 1. The number of carbonyl (C=O) groups is 1. The van der Waals surface area contributed by atoms with Gasteiger partial charge in [0.2, 0.25) is 10.0 Å². The number of nitrogens with two attached hydrogens (primary N) is 2. The summed E-state index contributed by atoms with van der Waals surface area (Å²) in [5, 5.41) is 7.63. The molecule has 1 rings (SSSR count). The fourth-order valence-corrected chi connectivity index (χ4v) is 1.64. The molecule has 0 bridgehead atoms. The predicted octanol–water partition coefficient (Wildman–Crippen LogP) is -0.499. The summed E-state index contributed by atoms with van der Waals surface area (Å²) < 4.78 is 26.6. The molecule has 0 fully saturated rings. The summed E-state index contributed by atoms with van der Waals surface area (Å²) in [5.41, 5.74) is 6.22. The summed E-state index contributed by atoms with van der Waals surface area (Å²) in [4.78, 5) is 10.8. The number of primary sulfonamides is 1. The molecule has 0 heterocycles. The molecule has 17 heavy (non-hydrogen) atoms. The van der Waals surface area contributed by atoms with E-state index in [-0.39, 0.29) is 11.4 Å². The first-order chi connectivity index (χ1) is 7.84. The highest BCUT2D eigenvalue weighted by Crippen LogP contribution is 2.21. The van der Waals surface area contributed by atoms with Crippen molar-refractivity contribution in [1.29, 1.82) is 0 Å². The Labute approximate surface area is 98.8 Å². The molecule has 0 aliphatic rings. The van der Waals surface area contributed by atoms with Gasteiger partial charge in [0.25, 0.3) is 0 Å². The maximum absolute atomic E-state index is 11.1. The van der Waals surface area contributed by atoms with Crippen LogP contribution < -0.4 is 16.2 Å². The van der Waals surface area contributed by atoms with Crippen LogP contribution in [0.15, 0.2) is 23.1 Å². The van der Waals surface area contributed by atoms with Crippen LogP contribution in [0.1, 0.15) is 0 Å². The van der Waals surface area contributed by atoms with Crippen molar-refractivity contribution in [2.75, 3.05) is 24.7 Å². The van der Waals surface area contributed by atoms with Gasteiger partial charge in [-0.15, -0.1) is 0 Å². The minimum absolute atomic E-state index is 0.0842. The third-order valence-corrected chi connectivity index (χ3v) is 2.92. The SMILES string of the molecule is COC(=O)CNc1cc(S(N)(=O)=O)ccc1N.